The Hall–Kier alpha value is -3.23. The van der Waals surface area contributed by atoms with Crippen LogP contribution in [0.1, 0.15) is 36.8 Å². The first-order valence-electron chi connectivity index (χ1n) is 7.95. The number of nitro groups is 1. The molecule has 26 heavy (non-hydrogen) atoms. The number of hydrogen-bond donors (Lipinski definition) is 1. The fraction of sp³-hybridized carbons (Fsp3) is 0.353. The largest absolute Gasteiger partial charge is 0.497 e. The van der Waals surface area contributed by atoms with Crippen molar-refractivity contribution in [2.45, 2.75) is 33.7 Å². The summed E-state index contributed by atoms with van der Waals surface area (Å²) in [6.45, 7) is 6.48. The number of benzene rings is 1. The Labute approximate surface area is 150 Å². The van der Waals surface area contributed by atoms with E-state index in [2.05, 4.69) is 15.6 Å². The fourth-order valence-corrected chi connectivity index (χ4v) is 2.54. The predicted molar refractivity (Wildman–Crippen MR) is 96.4 cm³/mol. The van der Waals surface area contributed by atoms with Crippen molar-refractivity contribution >= 4 is 17.3 Å². The van der Waals surface area contributed by atoms with E-state index in [0.29, 0.717) is 11.4 Å². The maximum Gasteiger partial charge on any atom is 0.312 e. The molecule has 0 radical (unpaired) electrons. The van der Waals surface area contributed by atoms with Gasteiger partial charge in [0, 0.05) is 0 Å². The molecule has 1 aromatic carbocycles. The van der Waals surface area contributed by atoms with Crippen molar-refractivity contribution in [2.24, 2.45) is 5.10 Å². The van der Waals surface area contributed by atoms with Crippen LogP contribution in [0.4, 0.5) is 5.69 Å². The molecule has 0 spiro atoms. The zero-order valence-electron chi connectivity index (χ0n) is 15.3. The third-order valence-corrected chi connectivity index (χ3v) is 4.06. The molecule has 0 saturated heterocycles. The van der Waals surface area contributed by atoms with Crippen molar-refractivity contribution in [1.82, 2.24) is 15.2 Å². The van der Waals surface area contributed by atoms with Gasteiger partial charge >= 0.3 is 5.69 Å². The Morgan fingerprint density at radius 3 is 2.46 bits per heavy atom. The highest BCUT2D eigenvalue weighted by atomic mass is 16.6. The summed E-state index contributed by atoms with van der Waals surface area (Å²) in [4.78, 5) is 22.9. The third kappa shape index (κ3) is 3.88. The SMILES string of the molecule is COc1ccc(/C(C)=N/NC(=O)C(C)n2nc(C)c([N+](=O)[O-])c2C)cc1. The number of nitrogens with one attached hydrogen (secondary N) is 1. The fourth-order valence-electron chi connectivity index (χ4n) is 2.54. The molecule has 1 unspecified atom stereocenters. The highest BCUT2D eigenvalue weighted by molar-refractivity contribution is 5.99. The van der Waals surface area contributed by atoms with Crippen molar-refractivity contribution in [2.75, 3.05) is 7.11 Å². The molecular formula is C17H21N5O4. The molecule has 2 rings (SSSR count). The Morgan fingerprint density at radius 1 is 1.35 bits per heavy atom. The molecule has 138 valence electrons. The van der Waals surface area contributed by atoms with Crippen molar-refractivity contribution in [3.8, 4) is 5.75 Å². The van der Waals surface area contributed by atoms with Gasteiger partial charge in [-0.1, -0.05) is 0 Å². The Bertz CT molecular complexity index is 855. The van der Waals surface area contributed by atoms with E-state index < -0.39 is 16.9 Å². The van der Waals surface area contributed by atoms with E-state index in [1.165, 1.54) is 11.6 Å². The van der Waals surface area contributed by atoms with Gasteiger partial charge in [0.1, 0.15) is 23.2 Å². The highest BCUT2D eigenvalue weighted by Gasteiger charge is 2.26. The summed E-state index contributed by atoms with van der Waals surface area (Å²) in [5, 5.41) is 19.3. The number of aryl methyl sites for hydroxylation is 1. The summed E-state index contributed by atoms with van der Waals surface area (Å²) in [5.41, 5.74) is 4.44. The first-order chi connectivity index (χ1) is 12.3. The lowest BCUT2D eigenvalue weighted by molar-refractivity contribution is -0.386. The van der Waals surface area contributed by atoms with Gasteiger partial charge in [-0.05, 0) is 57.5 Å². The van der Waals surface area contributed by atoms with Crippen molar-refractivity contribution in [1.29, 1.82) is 0 Å². The minimum Gasteiger partial charge on any atom is -0.497 e. The summed E-state index contributed by atoms with van der Waals surface area (Å²) in [5.74, 6) is 0.309. The van der Waals surface area contributed by atoms with E-state index in [-0.39, 0.29) is 11.4 Å². The lowest BCUT2D eigenvalue weighted by atomic mass is 10.1. The van der Waals surface area contributed by atoms with Gasteiger partial charge in [0.05, 0.1) is 17.7 Å². The maximum atomic E-state index is 12.4. The van der Waals surface area contributed by atoms with E-state index in [1.807, 2.05) is 12.1 Å². The van der Waals surface area contributed by atoms with Crippen LogP contribution in [0.5, 0.6) is 5.75 Å². The monoisotopic (exact) mass is 359 g/mol. The van der Waals surface area contributed by atoms with Crippen LogP contribution >= 0.6 is 0 Å². The van der Waals surface area contributed by atoms with Crippen LogP contribution in [0.3, 0.4) is 0 Å². The molecule has 0 saturated carbocycles. The van der Waals surface area contributed by atoms with Crippen LogP contribution in [0.2, 0.25) is 0 Å². The maximum absolute atomic E-state index is 12.4. The number of ether oxygens (including phenoxy) is 1. The van der Waals surface area contributed by atoms with Crippen molar-refractivity contribution in [3.63, 3.8) is 0 Å². The quantitative estimate of drug-likeness (QED) is 0.484. The average molecular weight is 359 g/mol. The second kappa shape index (κ2) is 7.77. The van der Waals surface area contributed by atoms with Crippen LogP contribution in [0.25, 0.3) is 0 Å². The van der Waals surface area contributed by atoms with Crippen LogP contribution in [0.15, 0.2) is 29.4 Å². The number of carbonyl (C=O) groups excluding carboxylic acids is 1. The molecule has 9 nitrogen and oxygen atoms in total. The van der Waals surface area contributed by atoms with Gasteiger partial charge in [-0.15, -0.1) is 0 Å². The van der Waals surface area contributed by atoms with Crippen LogP contribution in [0, 0.1) is 24.0 Å². The molecule has 1 atom stereocenters. The summed E-state index contributed by atoms with van der Waals surface area (Å²) in [6.07, 6.45) is 0. The van der Waals surface area contributed by atoms with Gasteiger partial charge in [-0.25, -0.2) is 5.43 Å². The van der Waals surface area contributed by atoms with Gasteiger partial charge in [-0.3, -0.25) is 19.6 Å². The zero-order chi connectivity index (χ0) is 19.4. The number of amides is 1. The highest BCUT2D eigenvalue weighted by Crippen LogP contribution is 2.24. The molecule has 0 aliphatic carbocycles. The molecular weight excluding hydrogens is 338 g/mol. The van der Waals surface area contributed by atoms with Crippen molar-refractivity contribution < 1.29 is 14.5 Å². The number of methoxy groups -OCH3 is 1. The van der Waals surface area contributed by atoms with Crippen LogP contribution in [-0.4, -0.2) is 33.4 Å². The van der Waals surface area contributed by atoms with E-state index in [1.54, 1.807) is 40.0 Å². The number of rotatable bonds is 6. The van der Waals surface area contributed by atoms with Gasteiger partial charge in [-0.2, -0.15) is 10.2 Å². The molecule has 0 fully saturated rings. The van der Waals surface area contributed by atoms with Gasteiger partial charge in [0.2, 0.25) is 0 Å². The number of aromatic nitrogens is 2. The van der Waals surface area contributed by atoms with Gasteiger partial charge in [0.15, 0.2) is 0 Å². The number of hydrazone groups is 1. The molecule has 1 amide bonds. The van der Waals surface area contributed by atoms with Gasteiger partial charge < -0.3 is 4.74 Å². The number of hydrogen-bond acceptors (Lipinski definition) is 6. The lowest BCUT2D eigenvalue weighted by Crippen LogP contribution is -2.29. The summed E-state index contributed by atoms with van der Waals surface area (Å²) in [7, 11) is 1.58. The number of nitrogens with zero attached hydrogens (tertiary/aromatic N) is 4. The van der Waals surface area contributed by atoms with E-state index in [0.717, 1.165) is 11.3 Å². The molecule has 9 heteroatoms. The second-order valence-electron chi connectivity index (χ2n) is 5.80. The summed E-state index contributed by atoms with van der Waals surface area (Å²) < 4.78 is 6.43. The zero-order valence-corrected chi connectivity index (χ0v) is 15.3. The van der Waals surface area contributed by atoms with Crippen LogP contribution in [-0.2, 0) is 4.79 Å². The summed E-state index contributed by atoms with van der Waals surface area (Å²) in [6, 6.07) is 6.52. The first kappa shape index (κ1) is 19.1. The lowest BCUT2D eigenvalue weighted by Gasteiger charge is -2.12. The minimum atomic E-state index is -0.741. The summed E-state index contributed by atoms with van der Waals surface area (Å²) >= 11 is 0. The standard InChI is InChI=1S/C17H21N5O4/c1-10(14-6-8-15(26-5)9-7-14)18-19-17(23)13(4)21-12(3)16(22(24)25)11(2)20-21/h6-9,13H,1-5H3,(H,19,23)/b18-10+. The van der Waals surface area contributed by atoms with E-state index in [4.69, 9.17) is 4.74 Å². The topological polar surface area (TPSA) is 112 Å². The molecule has 1 N–H and O–H groups in total. The van der Waals surface area contributed by atoms with Gasteiger partial charge in [0.25, 0.3) is 5.91 Å². The van der Waals surface area contributed by atoms with Crippen LogP contribution < -0.4 is 10.2 Å². The third-order valence-electron chi connectivity index (χ3n) is 4.06. The normalized spacial score (nSPS) is 12.6. The smallest absolute Gasteiger partial charge is 0.312 e. The molecule has 0 aliphatic heterocycles. The Kier molecular flexibility index (Phi) is 5.71. The van der Waals surface area contributed by atoms with E-state index in [9.17, 15) is 14.9 Å². The molecule has 0 bridgehead atoms. The van der Waals surface area contributed by atoms with E-state index >= 15 is 0 Å². The Balaban J connectivity index is 2.14. The molecule has 0 aliphatic rings. The number of carbonyl (C=O) groups is 1. The minimum absolute atomic E-state index is 0.0810. The first-order valence-corrected chi connectivity index (χ1v) is 7.95. The second-order valence-corrected chi connectivity index (χ2v) is 5.80. The molecule has 1 heterocycles. The predicted octanol–water partition coefficient (Wildman–Crippen LogP) is 2.52. The van der Waals surface area contributed by atoms with Crippen molar-refractivity contribution in [3.05, 3.63) is 51.3 Å². The molecule has 1 aromatic heterocycles. The molecule has 2 aromatic rings. The Morgan fingerprint density at radius 2 is 1.96 bits per heavy atom. The average Bonchev–Trinajstić information content (AvgIpc) is 2.93.